The number of halogens is 3. The van der Waals surface area contributed by atoms with Gasteiger partial charge in [-0.2, -0.15) is 13.2 Å². The lowest BCUT2D eigenvalue weighted by atomic mass is 10.0. The maximum Gasteiger partial charge on any atom is 0.405 e. The molecule has 1 atom stereocenters. The van der Waals surface area contributed by atoms with E-state index < -0.39 is 12.2 Å². The molecule has 1 aromatic rings. The molecule has 1 amide bonds. The lowest BCUT2D eigenvalue weighted by molar-refractivity contribution is -0.190. The van der Waals surface area contributed by atoms with Gasteiger partial charge in [0, 0.05) is 13.0 Å². The van der Waals surface area contributed by atoms with Gasteiger partial charge < -0.3 is 0 Å². The number of benzene rings is 1. The fourth-order valence-corrected chi connectivity index (χ4v) is 2.76. The number of nitrogens with zero attached hydrogens (tertiary/aromatic N) is 1. The summed E-state index contributed by atoms with van der Waals surface area (Å²) in [6.07, 6.45) is -2.21. The molecule has 22 heavy (non-hydrogen) atoms. The van der Waals surface area contributed by atoms with E-state index in [1.54, 1.807) is 0 Å². The molecular formula is C16H21F3N2O. The smallest absolute Gasteiger partial charge is 0.288 e. The number of hydrogen-bond acceptors (Lipinski definition) is 2. The second kappa shape index (κ2) is 7.13. The Balaban J connectivity index is 1.83. The van der Waals surface area contributed by atoms with Gasteiger partial charge in [0.25, 0.3) is 0 Å². The van der Waals surface area contributed by atoms with Gasteiger partial charge in [-0.25, -0.2) is 5.01 Å². The van der Waals surface area contributed by atoms with E-state index in [9.17, 15) is 18.0 Å². The van der Waals surface area contributed by atoms with Gasteiger partial charge in [-0.3, -0.25) is 10.2 Å². The fourth-order valence-electron chi connectivity index (χ4n) is 2.76. The van der Waals surface area contributed by atoms with E-state index in [1.807, 2.05) is 25.1 Å². The van der Waals surface area contributed by atoms with Gasteiger partial charge in [-0.1, -0.05) is 36.2 Å². The predicted octanol–water partition coefficient (Wildman–Crippen LogP) is 3.38. The zero-order chi connectivity index (χ0) is 16.2. The molecule has 6 heteroatoms. The first-order valence-electron chi connectivity index (χ1n) is 7.54. The van der Waals surface area contributed by atoms with Crippen LogP contribution in [0.5, 0.6) is 0 Å². The summed E-state index contributed by atoms with van der Waals surface area (Å²) < 4.78 is 39.3. The van der Waals surface area contributed by atoms with E-state index >= 15 is 0 Å². The van der Waals surface area contributed by atoms with Crippen molar-refractivity contribution in [3.05, 3.63) is 35.4 Å². The van der Waals surface area contributed by atoms with Crippen molar-refractivity contribution in [1.82, 2.24) is 10.4 Å². The lowest BCUT2D eigenvalue weighted by Crippen LogP contribution is -2.49. The third-order valence-electron chi connectivity index (χ3n) is 3.88. The van der Waals surface area contributed by atoms with E-state index in [0.717, 1.165) is 22.6 Å². The van der Waals surface area contributed by atoms with Gasteiger partial charge in [0.05, 0.1) is 0 Å². The van der Waals surface area contributed by atoms with Crippen molar-refractivity contribution in [3.8, 4) is 0 Å². The van der Waals surface area contributed by atoms with E-state index in [0.29, 0.717) is 12.8 Å². The average molecular weight is 314 g/mol. The van der Waals surface area contributed by atoms with Crippen LogP contribution in [0.15, 0.2) is 24.3 Å². The number of hydrazine groups is 1. The van der Waals surface area contributed by atoms with Gasteiger partial charge in [0.15, 0.2) is 0 Å². The molecule has 122 valence electrons. The van der Waals surface area contributed by atoms with E-state index in [2.05, 4.69) is 11.5 Å². The van der Waals surface area contributed by atoms with E-state index in [1.165, 1.54) is 0 Å². The maximum absolute atomic E-state index is 13.1. The summed E-state index contributed by atoms with van der Waals surface area (Å²) in [5.74, 6) is -0.339. The van der Waals surface area contributed by atoms with Crippen LogP contribution in [0.3, 0.4) is 0 Å². The van der Waals surface area contributed by atoms with Crippen LogP contribution >= 0.6 is 0 Å². The Bertz CT molecular complexity index is 516. The molecule has 1 aliphatic rings. The van der Waals surface area contributed by atoms with Crippen molar-refractivity contribution in [2.24, 2.45) is 0 Å². The molecule has 0 unspecified atom stereocenters. The molecule has 1 N–H and O–H groups in total. The second-order valence-electron chi connectivity index (χ2n) is 5.77. The molecule has 1 heterocycles. The first-order chi connectivity index (χ1) is 10.4. The van der Waals surface area contributed by atoms with Gasteiger partial charge >= 0.3 is 6.18 Å². The summed E-state index contributed by atoms with van der Waals surface area (Å²) in [4.78, 5) is 11.1. The molecule has 0 saturated carbocycles. The third-order valence-corrected chi connectivity index (χ3v) is 3.88. The molecule has 1 aliphatic heterocycles. The number of unbranched alkanes of at least 4 members (excludes halogenated alkanes) is 1. The number of carbonyl (C=O) groups is 1. The van der Waals surface area contributed by atoms with Gasteiger partial charge in [0.2, 0.25) is 5.91 Å². The highest BCUT2D eigenvalue weighted by Crippen LogP contribution is 2.29. The number of rotatable bonds is 6. The van der Waals surface area contributed by atoms with Crippen LogP contribution in [0.1, 0.15) is 36.8 Å². The number of nitrogens with one attached hydrogen (secondary N) is 1. The zero-order valence-electron chi connectivity index (χ0n) is 12.6. The highest BCUT2D eigenvalue weighted by Gasteiger charge is 2.45. The van der Waals surface area contributed by atoms with Gasteiger partial charge in [0.1, 0.15) is 6.04 Å². The largest absolute Gasteiger partial charge is 0.405 e. The Morgan fingerprint density at radius 3 is 2.68 bits per heavy atom. The number of hydrogen-bond donors (Lipinski definition) is 1. The Morgan fingerprint density at radius 2 is 2.09 bits per heavy atom. The minimum absolute atomic E-state index is 0.00952. The molecule has 1 aromatic carbocycles. The number of carbonyl (C=O) groups excluding carboxylic acids is 1. The van der Waals surface area contributed by atoms with Crippen molar-refractivity contribution in [2.75, 3.05) is 6.54 Å². The zero-order valence-corrected chi connectivity index (χ0v) is 12.6. The van der Waals surface area contributed by atoms with Crippen molar-refractivity contribution in [1.29, 1.82) is 0 Å². The molecule has 0 aromatic heterocycles. The van der Waals surface area contributed by atoms with E-state index in [4.69, 9.17) is 0 Å². The quantitative estimate of drug-likeness (QED) is 0.817. The molecule has 1 fully saturated rings. The molecule has 3 nitrogen and oxygen atoms in total. The topological polar surface area (TPSA) is 32.3 Å². The first kappa shape index (κ1) is 16.8. The van der Waals surface area contributed by atoms with Crippen molar-refractivity contribution in [3.63, 3.8) is 0 Å². The molecule has 0 radical (unpaired) electrons. The van der Waals surface area contributed by atoms with Crippen LogP contribution in [-0.2, 0) is 11.2 Å². The lowest BCUT2D eigenvalue weighted by Gasteiger charge is -2.28. The minimum Gasteiger partial charge on any atom is -0.288 e. The van der Waals surface area contributed by atoms with Crippen LogP contribution in [0.2, 0.25) is 0 Å². The number of aryl methyl sites for hydroxylation is 2. The van der Waals surface area contributed by atoms with Crippen LogP contribution in [0.4, 0.5) is 13.2 Å². The second-order valence-corrected chi connectivity index (χ2v) is 5.77. The molecule has 2 rings (SSSR count). The predicted molar refractivity (Wildman–Crippen MR) is 78.0 cm³/mol. The molecule has 0 bridgehead atoms. The molecule has 0 aliphatic carbocycles. The minimum atomic E-state index is -4.32. The average Bonchev–Trinajstić information content (AvgIpc) is 2.83. The molecular weight excluding hydrogens is 293 g/mol. The van der Waals surface area contributed by atoms with Crippen LogP contribution in [-0.4, -0.2) is 29.7 Å². The summed E-state index contributed by atoms with van der Waals surface area (Å²) in [7, 11) is 0. The Morgan fingerprint density at radius 1 is 1.32 bits per heavy atom. The highest BCUT2D eigenvalue weighted by atomic mass is 19.4. The van der Waals surface area contributed by atoms with E-state index in [-0.39, 0.29) is 25.3 Å². The van der Waals surface area contributed by atoms with Crippen LogP contribution in [0, 0.1) is 6.92 Å². The Kier molecular flexibility index (Phi) is 5.45. The monoisotopic (exact) mass is 314 g/mol. The van der Waals surface area contributed by atoms with Crippen molar-refractivity contribution >= 4 is 5.91 Å². The maximum atomic E-state index is 13.1. The summed E-state index contributed by atoms with van der Waals surface area (Å²) in [6, 6.07) is 6.43. The standard InChI is InChI=1S/C16H21F3N2O/c1-12-5-4-7-13(11-12)6-2-3-8-14(16(17,18)19)21-10-9-15(22)20-21/h4-5,7,11,14H,2-3,6,8-10H2,1H3,(H,20,22)/t14-/m0/s1. The highest BCUT2D eigenvalue weighted by molar-refractivity contribution is 5.77. The van der Waals surface area contributed by atoms with Crippen molar-refractivity contribution < 1.29 is 18.0 Å². The fraction of sp³-hybridized carbons (Fsp3) is 0.562. The summed E-state index contributed by atoms with van der Waals surface area (Å²) in [6.45, 7) is 2.13. The van der Waals surface area contributed by atoms with Crippen LogP contribution < -0.4 is 5.43 Å². The van der Waals surface area contributed by atoms with Crippen molar-refractivity contribution in [2.45, 2.75) is 51.2 Å². The number of amides is 1. The summed E-state index contributed by atoms with van der Waals surface area (Å²) in [5.41, 5.74) is 4.61. The third kappa shape index (κ3) is 4.73. The molecule has 1 saturated heterocycles. The Labute approximate surface area is 128 Å². The SMILES string of the molecule is Cc1cccc(CCCC[C@H](N2CCC(=O)N2)C(F)(F)F)c1. The number of alkyl halides is 3. The van der Waals surface area contributed by atoms with Crippen LogP contribution in [0.25, 0.3) is 0 Å². The Hall–Kier alpha value is -1.56. The normalized spacial score (nSPS) is 17.5. The molecule has 0 spiro atoms. The van der Waals surface area contributed by atoms with Gasteiger partial charge in [-0.15, -0.1) is 0 Å². The summed E-state index contributed by atoms with van der Waals surface area (Å²) >= 11 is 0. The summed E-state index contributed by atoms with van der Waals surface area (Å²) in [5, 5.41) is 1.04. The van der Waals surface area contributed by atoms with Gasteiger partial charge in [-0.05, 0) is 31.7 Å². The first-order valence-corrected chi connectivity index (χ1v) is 7.54.